The number of benzene rings is 2. The molecule has 0 bridgehead atoms. The Labute approximate surface area is 127 Å². The number of aryl methyl sites for hydroxylation is 2. The Morgan fingerprint density at radius 2 is 1.70 bits per heavy atom. The fraction of sp³-hybridized carbons (Fsp3) is 0.133. The first kappa shape index (κ1) is 14.7. The summed E-state index contributed by atoms with van der Waals surface area (Å²) in [7, 11) is 0. The molecule has 0 aliphatic carbocycles. The molecule has 0 atom stereocenters. The lowest BCUT2D eigenvalue weighted by molar-refractivity contribution is 0.475. The van der Waals surface area contributed by atoms with E-state index in [0.29, 0.717) is 21.4 Å². The molecule has 0 heterocycles. The first-order valence-corrected chi connectivity index (χ1v) is 6.72. The second-order valence-electron chi connectivity index (χ2n) is 4.53. The standard InChI is InChI=1S/C15H14Cl2N2O/c1-8-5-11(16)6-9(2)14(8)20-13-4-3-10(15(18)19)7-12(13)17/h3-7H,1-2H3,(H3,18,19). The van der Waals surface area contributed by atoms with Gasteiger partial charge in [-0.25, -0.2) is 0 Å². The van der Waals surface area contributed by atoms with Crippen LogP contribution in [-0.2, 0) is 0 Å². The van der Waals surface area contributed by atoms with Crippen molar-refractivity contribution in [2.75, 3.05) is 0 Å². The molecule has 2 rings (SSSR count). The van der Waals surface area contributed by atoms with Gasteiger partial charge in [-0.2, -0.15) is 0 Å². The number of ether oxygens (including phenoxy) is 1. The van der Waals surface area contributed by atoms with E-state index in [4.69, 9.17) is 39.1 Å². The normalized spacial score (nSPS) is 10.4. The molecule has 0 spiro atoms. The van der Waals surface area contributed by atoms with Crippen LogP contribution in [0.5, 0.6) is 11.5 Å². The van der Waals surface area contributed by atoms with Crippen molar-refractivity contribution in [3.63, 3.8) is 0 Å². The third-order valence-corrected chi connectivity index (χ3v) is 3.39. The van der Waals surface area contributed by atoms with E-state index in [2.05, 4.69) is 0 Å². The van der Waals surface area contributed by atoms with Gasteiger partial charge in [0.2, 0.25) is 0 Å². The first-order valence-electron chi connectivity index (χ1n) is 5.97. The predicted octanol–water partition coefficient (Wildman–Crippen LogP) is 4.69. The number of halogens is 2. The zero-order valence-electron chi connectivity index (χ0n) is 11.1. The average molecular weight is 309 g/mol. The summed E-state index contributed by atoms with van der Waals surface area (Å²) in [5.41, 5.74) is 7.85. The monoisotopic (exact) mass is 308 g/mol. The van der Waals surface area contributed by atoms with Gasteiger partial charge in [0.25, 0.3) is 0 Å². The van der Waals surface area contributed by atoms with Crippen LogP contribution in [0.15, 0.2) is 30.3 Å². The van der Waals surface area contributed by atoms with Crippen LogP contribution in [0.3, 0.4) is 0 Å². The van der Waals surface area contributed by atoms with Crippen LogP contribution in [0.4, 0.5) is 0 Å². The fourth-order valence-electron chi connectivity index (χ4n) is 1.92. The highest BCUT2D eigenvalue weighted by molar-refractivity contribution is 6.32. The summed E-state index contributed by atoms with van der Waals surface area (Å²) in [5, 5.41) is 8.46. The quantitative estimate of drug-likeness (QED) is 0.638. The van der Waals surface area contributed by atoms with Crippen LogP contribution in [0, 0.1) is 19.3 Å². The second-order valence-corrected chi connectivity index (χ2v) is 5.37. The summed E-state index contributed by atoms with van der Waals surface area (Å²) in [6.07, 6.45) is 0. The lowest BCUT2D eigenvalue weighted by Crippen LogP contribution is -2.10. The van der Waals surface area contributed by atoms with Crippen molar-refractivity contribution in [1.82, 2.24) is 0 Å². The van der Waals surface area contributed by atoms with Gasteiger partial charge in [-0.1, -0.05) is 23.2 Å². The van der Waals surface area contributed by atoms with Gasteiger partial charge >= 0.3 is 0 Å². The van der Waals surface area contributed by atoms with Crippen molar-refractivity contribution in [1.29, 1.82) is 5.41 Å². The van der Waals surface area contributed by atoms with Gasteiger partial charge < -0.3 is 10.5 Å². The van der Waals surface area contributed by atoms with Crippen molar-refractivity contribution in [2.45, 2.75) is 13.8 Å². The molecule has 20 heavy (non-hydrogen) atoms. The number of hydrogen-bond acceptors (Lipinski definition) is 2. The number of nitrogen functional groups attached to an aromatic ring is 1. The third kappa shape index (κ3) is 3.06. The highest BCUT2D eigenvalue weighted by atomic mass is 35.5. The predicted molar refractivity (Wildman–Crippen MR) is 83.5 cm³/mol. The van der Waals surface area contributed by atoms with Crippen LogP contribution in [0.2, 0.25) is 10.0 Å². The minimum Gasteiger partial charge on any atom is -0.455 e. The van der Waals surface area contributed by atoms with Gasteiger partial charge in [0.1, 0.15) is 17.3 Å². The summed E-state index contributed by atoms with van der Waals surface area (Å²) in [6, 6.07) is 8.68. The molecule has 3 N–H and O–H groups in total. The Kier molecular flexibility index (Phi) is 4.21. The van der Waals surface area contributed by atoms with Gasteiger partial charge in [0.05, 0.1) is 5.02 Å². The Morgan fingerprint density at radius 3 is 2.20 bits per heavy atom. The van der Waals surface area contributed by atoms with Crippen LogP contribution >= 0.6 is 23.2 Å². The molecule has 0 unspecified atom stereocenters. The highest BCUT2D eigenvalue weighted by Gasteiger charge is 2.10. The number of rotatable bonds is 3. The van der Waals surface area contributed by atoms with Crippen LogP contribution < -0.4 is 10.5 Å². The summed E-state index contributed by atoms with van der Waals surface area (Å²) in [6.45, 7) is 3.85. The molecule has 0 aliphatic rings. The molecule has 2 aromatic rings. The molecule has 5 heteroatoms. The molecule has 2 aromatic carbocycles. The van der Waals surface area contributed by atoms with Gasteiger partial charge in [-0.15, -0.1) is 0 Å². The zero-order valence-corrected chi connectivity index (χ0v) is 12.6. The molecule has 104 valence electrons. The largest absolute Gasteiger partial charge is 0.455 e. The molecule has 0 radical (unpaired) electrons. The van der Waals surface area contributed by atoms with E-state index in [1.807, 2.05) is 26.0 Å². The van der Waals surface area contributed by atoms with E-state index in [1.54, 1.807) is 18.2 Å². The van der Waals surface area contributed by atoms with Crippen molar-refractivity contribution in [3.8, 4) is 11.5 Å². The van der Waals surface area contributed by atoms with Crippen molar-refractivity contribution in [2.24, 2.45) is 5.73 Å². The molecule has 0 aromatic heterocycles. The van der Waals surface area contributed by atoms with Gasteiger partial charge in [0.15, 0.2) is 0 Å². The number of nitrogens with one attached hydrogen (secondary N) is 1. The summed E-state index contributed by atoms with van der Waals surface area (Å²) in [4.78, 5) is 0. The van der Waals surface area contributed by atoms with E-state index in [-0.39, 0.29) is 5.84 Å². The molecule has 3 nitrogen and oxygen atoms in total. The topological polar surface area (TPSA) is 59.1 Å². The summed E-state index contributed by atoms with van der Waals surface area (Å²) >= 11 is 12.1. The van der Waals surface area contributed by atoms with E-state index in [0.717, 1.165) is 16.9 Å². The highest BCUT2D eigenvalue weighted by Crippen LogP contribution is 2.35. The van der Waals surface area contributed by atoms with E-state index in [1.165, 1.54) is 0 Å². The maximum Gasteiger partial charge on any atom is 0.146 e. The molecule has 0 amide bonds. The average Bonchev–Trinajstić information content (AvgIpc) is 2.34. The maximum absolute atomic E-state index is 7.38. The number of nitrogens with two attached hydrogens (primary N) is 1. The third-order valence-electron chi connectivity index (χ3n) is 2.88. The maximum atomic E-state index is 7.38. The van der Waals surface area contributed by atoms with E-state index < -0.39 is 0 Å². The molecular formula is C15H14Cl2N2O. The van der Waals surface area contributed by atoms with Gasteiger partial charge in [-0.05, 0) is 55.3 Å². The van der Waals surface area contributed by atoms with E-state index in [9.17, 15) is 0 Å². The fourth-order valence-corrected chi connectivity index (χ4v) is 2.47. The molecule has 0 fully saturated rings. The van der Waals surface area contributed by atoms with Crippen molar-refractivity contribution in [3.05, 3.63) is 57.1 Å². The van der Waals surface area contributed by atoms with Gasteiger partial charge in [-0.3, -0.25) is 5.41 Å². The minimum absolute atomic E-state index is 0.0303. The minimum atomic E-state index is -0.0303. The molecular weight excluding hydrogens is 295 g/mol. The van der Waals surface area contributed by atoms with Crippen LogP contribution in [0.25, 0.3) is 0 Å². The second kappa shape index (κ2) is 5.73. The lowest BCUT2D eigenvalue weighted by Gasteiger charge is -2.14. The summed E-state index contributed by atoms with van der Waals surface area (Å²) < 4.78 is 5.86. The zero-order chi connectivity index (χ0) is 14.9. The van der Waals surface area contributed by atoms with Gasteiger partial charge in [0, 0.05) is 10.6 Å². The smallest absolute Gasteiger partial charge is 0.146 e. The molecule has 0 aliphatic heterocycles. The lowest BCUT2D eigenvalue weighted by atomic mass is 10.1. The van der Waals surface area contributed by atoms with E-state index >= 15 is 0 Å². The molecule has 0 saturated carbocycles. The van der Waals surface area contributed by atoms with Crippen molar-refractivity contribution >= 4 is 29.0 Å². The number of amidine groups is 1. The Bertz CT molecular complexity index is 661. The Morgan fingerprint density at radius 1 is 1.10 bits per heavy atom. The number of hydrogen-bond donors (Lipinski definition) is 2. The Balaban J connectivity index is 2.38. The van der Waals surface area contributed by atoms with Crippen molar-refractivity contribution < 1.29 is 4.74 Å². The molecule has 0 saturated heterocycles. The van der Waals surface area contributed by atoms with Crippen LogP contribution in [0.1, 0.15) is 16.7 Å². The van der Waals surface area contributed by atoms with Crippen LogP contribution in [-0.4, -0.2) is 5.84 Å². The summed E-state index contributed by atoms with van der Waals surface area (Å²) in [5.74, 6) is 1.22. The SMILES string of the molecule is Cc1cc(Cl)cc(C)c1Oc1ccc(C(=N)N)cc1Cl. The first-order chi connectivity index (χ1) is 9.38. The Hall–Kier alpha value is -1.71.